The summed E-state index contributed by atoms with van der Waals surface area (Å²) in [7, 11) is 0. The molecule has 0 spiro atoms. The topological polar surface area (TPSA) is 113 Å². The molecule has 1 heterocycles. The van der Waals surface area contributed by atoms with E-state index in [9.17, 15) is 9.59 Å². The summed E-state index contributed by atoms with van der Waals surface area (Å²) in [6, 6.07) is 9.07. The second-order valence-corrected chi connectivity index (χ2v) is 5.76. The van der Waals surface area contributed by atoms with E-state index >= 15 is 0 Å². The quantitative estimate of drug-likeness (QED) is 0.543. The van der Waals surface area contributed by atoms with Crippen LogP contribution in [0.25, 0.3) is 0 Å². The number of hydrogen-bond donors (Lipinski definition) is 4. The van der Waals surface area contributed by atoms with Gasteiger partial charge in [-0.25, -0.2) is 0 Å². The van der Waals surface area contributed by atoms with Gasteiger partial charge < -0.3 is 16.4 Å². The van der Waals surface area contributed by atoms with E-state index in [0.29, 0.717) is 12.1 Å². The molecule has 2 atom stereocenters. The van der Waals surface area contributed by atoms with Crippen LogP contribution in [0.2, 0.25) is 0 Å². The van der Waals surface area contributed by atoms with Crippen LogP contribution in [0.3, 0.4) is 0 Å². The summed E-state index contributed by atoms with van der Waals surface area (Å²) >= 11 is 0. The number of nitrogens with zero attached hydrogens (tertiary/aromatic N) is 1. The van der Waals surface area contributed by atoms with Crippen molar-refractivity contribution in [2.45, 2.75) is 31.8 Å². The van der Waals surface area contributed by atoms with Crippen LogP contribution in [-0.2, 0) is 16.0 Å². The first kappa shape index (κ1) is 18.4. The van der Waals surface area contributed by atoms with Gasteiger partial charge in [0, 0.05) is 18.3 Å². The zero-order valence-electron chi connectivity index (χ0n) is 14.1. The minimum Gasteiger partial charge on any atom is -0.349 e. The zero-order valence-corrected chi connectivity index (χ0v) is 14.1. The molecular formula is C18H23N5O2. The summed E-state index contributed by atoms with van der Waals surface area (Å²) in [6.07, 6.45) is 7.62. The van der Waals surface area contributed by atoms with Crippen molar-refractivity contribution in [3.05, 3.63) is 60.4 Å². The minimum absolute atomic E-state index is 0.252. The van der Waals surface area contributed by atoms with Gasteiger partial charge in [0.25, 0.3) is 0 Å². The number of aromatic amines is 1. The Morgan fingerprint density at radius 1 is 1.32 bits per heavy atom. The van der Waals surface area contributed by atoms with E-state index in [-0.39, 0.29) is 17.9 Å². The smallest absolute Gasteiger partial charge is 0.248 e. The van der Waals surface area contributed by atoms with Crippen molar-refractivity contribution in [3.63, 3.8) is 0 Å². The van der Waals surface area contributed by atoms with Gasteiger partial charge in [0.1, 0.15) is 0 Å². The van der Waals surface area contributed by atoms with Crippen molar-refractivity contribution in [1.29, 1.82) is 0 Å². The highest BCUT2D eigenvalue weighted by Crippen LogP contribution is 2.07. The average molecular weight is 341 g/mol. The van der Waals surface area contributed by atoms with Gasteiger partial charge in [-0.2, -0.15) is 5.10 Å². The van der Waals surface area contributed by atoms with Gasteiger partial charge in [0.2, 0.25) is 11.8 Å². The average Bonchev–Trinajstić information content (AvgIpc) is 3.10. The van der Waals surface area contributed by atoms with Gasteiger partial charge in [0.05, 0.1) is 17.9 Å². The van der Waals surface area contributed by atoms with Crippen molar-refractivity contribution in [2.75, 3.05) is 5.32 Å². The maximum Gasteiger partial charge on any atom is 0.248 e. The van der Waals surface area contributed by atoms with Gasteiger partial charge in [-0.05, 0) is 25.3 Å². The Morgan fingerprint density at radius 3 is 2.72 bits per heavy atom. The Morgan fingerprint density at radius 2 is 2.08 bits per heavy atom. The highest BCUT2D eigenvalue weighted by atomic mass is 16.2. The number of H-pyrrole nitrogens is 1. The number of anilines is 1. The SMILES string of the molecule is C[C@H](N)C(=O)N[C@H](/C=C/C(=O)Nc1cn[nH]c1)CCc1ccccc1. The second-order valence-electron chi connectivity index (χ2n) is 5.76. The molecule has 0 unspecified atom stereocenters. The largest absolute Gasteiger partial charge is 0.349 e. The lowest BCUT2D eigenvalue weighted by Crippen LogP contribution is -2.43. The third-order valence-electron chi connectivity index (χ3n) is 3.57. The normalized spacial score (nSPS) is 13.4. The molecule has 0 saturated carbocycles. The monoisotopic (exact) mass is 341 g/mol. The standard InChI is InChI=1S/C18H23N5O2/c1-13(19)18(25)23-15(8-7-14-5-3-2-4-6-14)9-10-17(24)22-16-11-20-21-12-16/h2-6,9-13,15H,7-8,19H2,1H3,(H,20,21)(H,22,24)(H,23,25)/b10-9+/t13-,15-/m0/s1. The molecule has 0 aliphatic rings. The Bertz CT molecular complexity index is 696. The number of nitrogens with two attached hydrogens (primary N) is 1. The number of carbonyl (C=O) groups excluding carboxylic acids is 2. The second kappa shape index (κ2) is 9.39. The molecule has 0 aliphatic carbocycles. The van der Waals surface area contributed by atoms with Gasteiger partial charge >= 0.3 is 0 Å². The number of aromatic nitrogens is 2. The summed E-state index contributed by atoms with van der Waals surface area (Å²) in [5.74, 6) is -0.542. The molecule has 1 aromatic heterocycles. The van der Waals surface area contributed by atoms with Crippen molar-refractivity contribution in [2.24, 2.45) is 5.73 Å². The predicted octanol–water partition coefficient (Wildman–Crippen LogP) is 1.37. The number of aryl methyl sites for hydroxylation is 1. The molecule has 0 radical (unpaired) electrons. The molecule has 2 amide bonds. The van der Waals surface area contributed by atoms with Crippen molar-refractivity contribution in [1.82, 2.24) is 15.5 Å². The molecule has 0 fully saturated rings. The van der Waals surface area contributed by atoms with E-state index in [1.165, 1.54) is 17.8 Å². The Labute approximate surface area is 146 Å². The number of amides is 2. The number of nitrogens with one attached hydrogen (secondary N) is 3. The lowest BCUT2D eigenvalue weighted by molar-refractivity contribution is -0.122. The van der Waals surface area contributed by atoms with Crippen LogP contribution in [-0.4, -0.2) is 34.1 Å². The van der Waals surface area contributed by atoms with Crippen LogP contribution in [0, 0.1) is 0 Å². The van der Waals surface area contributed by atoms with Crippen molar-refractivity contribution < 1.29 is 9.59 Å². The first-order valence-corrected chi connectivity index (χ1v) is 8.12. The van der Waals surface area contributed by atoms with E-state index in [0.717, 1.165) is 6.42 Å². The molecule has 2 aromatic rings. The van der Waals surface area contributed by atoms with Crippen LogP contribution in [0.15, 0.2) is 54.9 Å². The van der Waals surface area contributed by atoms with Crippen LogP contribution in [0.4, 0.5) is 5.69 Å². The fourth-order valence-corrected chi connectivity index (χ4v) is 2.20. The van der Waals surface area contributed by atoms with E-state index in [2.05, 4.69) is 20.8 Å². The molecule has 2 rings (SSSR count). The number of rotatable bonds is 8. The van der Waals surface area contributed by atoms with Crippen LogP contribution < -0.4 is 16.4 Å². The van der Waals surface area contributed by atoms with Crippen LogP contribution in [0.1, 0.15) is 18.9 Å². The van der Waals surface area contributed by atoms with E-state index in [1.807, 2.05) is 30.3 Å². The zero-order chi connectivity index (χ0) is 18.1. The predicted molar refractivity (Wildman–Crippen MR) is 96.7 cm³/mol. The summed E-state index contributed by atoms with van der Waals surface area (Å²) in [5, 5.41) is 11.9. The summed E-state index contributed by atoms with van der Waals surface area (Å²) in [5.41, 5.74) is 7.36. The molecular weight excluding hydrogens is 318 g/mol. The van der Waals surface area contributed by atoms with E-state index in [1.54, 1.807) is 19.2 Å². The molecule has 0 aliphatic heterocycles. The van der Waals surface area contributed by atoms with Gasteiger partial charge in [-0.3, -0.25) is 14.7 Å². The first-order valence-electron chi connectivity index (χ1n) is 8.12. The highest BCUT2D eigenvalue weighted by Gasteiger charge is 2.13. The van der Waals surface area contributed by atoms with Gasteiger partial charge in [-0.15, -0.1) is 0 Å². The van der Waals surface area contributed by atoms with E-state index < -0.39 is 6.04 Å². The maximum absolute atomic E-state index is 11.9. The third-order valence-corrected chi connectivity index (χ3v) is 3.57. The van der Waals surface area contributed by atoms with Gasteiger partial charge in [0.15, 0.2) is 0 Å². The number of hydrogen-bond acceptors (Lipinski definition) is 4. The lowest BCUT2D eigenvalue weighted by atomic mass is 10.0. The Kier molecular flexibility index (Phi) is 6.91. The van der Waals surface area contributed by atoms with Crippen molar-refractivity contribution >= 4 is 17.5 Å². The molecule has 132 valence electrons. The Hall–Kier alpha value is -2.93. The highest BCUT2D eigenvalue weighted by molar-refractivity contribution is 5.99. The first-order chi connectivity index (χ1) is 12.0. The number of carbonyl (C=O) groups is 2. The molecule has 0 saturated heterocycles. The van der Waals surface area contributed by atoms with Crippen LogP contribution >= 0.6 is 0 Å². The maximum atomic E-state index is 11.9. The molecule has 7 nitrogen and oxygen atoms in total. The van der Waals surface area contributed by atoms with Gasteiger partial charge in [-0.1, -0.05) is 36.4 Å². The summed E-state index contributed by atoms with van der Waals surface area (Å²) in [4.78, 5) is 23.8. The fourth-order valence-electron chi connectivity index (χ4n) is 2.20. The fraction of sp³-hybridized carbons (Fsp3) is 0.278. The lowest BCUT2D eigenvalue weighted by Gasteiger charge is -2.17. The molecule has 7 heteroatoms. The number of benzene rings is 1. The van der Waals surface area contributed by atoms with E-state index in [4.69, 9.17) is 5.73 Å². The molecule has 25 heavy (non-hydrogen) atoms. The molecule has 1 aromatic carbocycles. The van der Waals surface area contributed by atoms with Crippen LogP contribution in [0.5, 0.6) is 0 Å². The summed E-state index contributed by atoms with van der Waals surface area (Å²) < 4.78 is 0. The third kappa shape index (κ3) is 6.60. The molecule has 5 N–H and O–H groups in total. The minimum atomic E-state index is -0.604. The molecule has 0 bridgehead atoms. The summed E-state index contributed by atoms with van der Waals surface area (Å²) in [6.45, 7) is 1.62. The van der Waals surface area contributed by atoms with Crippen molar-refractivity contribution in [3.8, 4) is 0 Å². The Balaban J connectivity index is 1.96.